The zero-order chi connectivity index (χ0) is 22.2. The van der Waals surface area contributed by atoms with Crippen LogP contribution >= 0.6 is 11.6 Å². The second kappa shape index (κ2) is 7.78. The minimum atomic E-state index is -1.02. The molecule has 3 heterocycles. The number of rotatable bonds is 5. The van der Waals surface area contributed by atoms with Gasteiger partial charge in [0.25, 0.3) is 0 Å². The van der Waals surface area contributed by atoms with Crippen molar-refractivity contribution in [2.75, 3.05) is 0 Å². The topological polar surface area (TPSA) is 119 Å². The van der Waals surface area contributed by atoms with Crippen molar-refractivity contribution in [3.63, 3.8) is 0 Å². The summed E-state index contributed by atoms with van der Waals surface area (Å²) in [6.45, 7) is 1.72. The standard InChI is InChI=1S/C22H15ClN6O3/c1-12-2-7-15(10-16(12)21(30)31)32-22-25-18-11-17(23)19(26-20(18)27-22)13-3-5-14(6-4-13)29-9-8-24-28-29/h2-11H,1H3,(H,30,31)(H,25,26,27). The second-order valence-corrected chi connectivity index (χ2v) is 7.42. The van der Waals surface area contributed by atoms with Crippen molar-refractivity contribution in [2.45, 2.75) is 6.92 Å². The first-order valence-electron chi connectivity index (χ1n) is 9.53. The largest absolute Gasteiger partial charge is 0.478 e. The van der Waals surface area contributed by atoms with Crippen LogP contribution in [0.5, 0.6) is 11.8 Å². The van der Waals surface area contributed by atoms with Gasteiger partial charge in [-0.25, -0.2) is 14.5 Å². The number of hydrogen-bond acceptors (Lipinski definition) is 6. The van der Waals surface area contributed by atoms with Crippen molar-refractivity contribution in [2.24, 2.45) is 0 Å². The molecular weight excluding hydrogens is 432 g/mol. The highest BCUT2D eigenvalue weighted by Crippen LogP contribution is 2.31. The third-order valence-corrected chi connectivity index (χ3v) is 5.17. The first-order valence-corrected chi connectivity index (χ1v) is 9.91. The molecule has 5 aromatic rings. The number of aryl methyl sites for hydroxylation is 1. The number of carbonyl (C=O) groups is 1. The van der Waals surface area contributed by atoms with Crippen molar-refractivity contribution >= 4 is 28.7 Å². The lowest BCUT2D eigenvalue weighted by Crippen LogP contribution is -2.00. The summed E-state index contributed by atoms with van der Waals surface area (Å²) in [6, 6.07) is 14.3. The quantitative estimate of drug-likeness (QED) is 0.403. The summed E-state index contributed by atoms with van der Waals surface area (Å²) in [5.41, 5.74) is 4.07. The molecule has 0 aliphatic heterocycles. The Balaban J connectivity index is 1.46. The van der Waals surface area contributed by atoms with Gasteiger partial charge >= 0.3 is 12.0 Å². The van der Waals surface area contributed by atoms with Gasteiger partial charge in [-0.1, -0.05) is 35.0 Å². The Bertz CT molecular complexity index is 1450. The summed E-state index contributed by atoms with van der Waals surface area (Å²) >= 11 is 6.48. The molecule has 0 saturated heterocycles. The highest BCUT2D eigenvalue weighted by atomic mass is 35.5. The number of aromatic nitrogens is 6. The number of carboxylic acids is 1. The van der Waals surface area contributed by atoms with Crippen LogP contribution in [0.25, 0.3) is 28.1 Å². The number of benzene rings is 2. The zero-order valence-corrected chi connectivity index (χ0v) is 17.4. The highest BCUT2D eigenvalue weighted by molar-refractivity contribution is 6.33. The van der Waals surface area contributed by atoms with Crippen LogP contribution in [0.3, 0.4) is 0 Å². The number of imidazole rings is 1. The van der Waals surface area contributed by atoms with Gasteiger partial charge in [0.15, 0.2) is 5.65 Å². The van der Waals surface area contributed by atoms with Gasteiger partial charge in [-0.15, -0.1) is 5.10 Å². The van der Waals surface area contributed by atoms with Gasteiger partial charge in [-0.2, -0.15) is 4.98 Å². The van der Waals surface area contributed by atoms with Crippen molar-refractivity contribution in [3.8, 4) is 28.7 Å². The lowest BCUT2D eigenvalue weighted by Gasteiger charge is -2.05. The Morgan fingerprint density at radius 1 is 1.12 bits per heavy atom. The van der Waals surface area contributed by atoms with Crippen molar-refractivity contribution < 1.29 is 14.6 Å². The lowest BCUT2D eigenvalue weighted by atomic mass is 10.1. The molecule has 0 bridgehead atoms. The summed E-state index contributed by atoms with van der Waals surface area (Å²) in [5, 5.41) is 17.5. The van der Waals surface area contributed by atoms with E-state index in [1.54, 1.807) is 42.2 Å². The number of ether oxygens (including phenoxy) is 1. The fourth-order valence-corrected chi connectivity index (χ4v) is 3.53. The SMILES string of the molecule is Cc1ccc(Oc2nc3nc(-c4ccc(-n5ccnn5)cc4)c(Cl)cc3[nH]2)cc1C(=O)O. The van der Waals surface area contributed by atoms with Crippen LogP contribution in [0, 0.1) is 6.92 Å². The van der Waals surface area contributed by atoms with E-state index in [0.29, 0.717) is 33.2 Å². The third kappa shape index (κ3) is 3.65. The van der Waals surface area contributed by atoms with E-state index < -0.39 is 5.97 Å². The molecule has 0 aliphatic carbocycles. The number of hydrogen-bond donors (Lipinski definition) is 2. The molecule has 2 N–H and O–H groups in total. The molecule has 32 heavy (non-hydrogen) atoms. The fraction of sp³-hybridized carbons (Fsp3) is 0.0455. The summed E-state index contributed by atoms with van der Waals surface area (Å²) < 4.78 is 7.38. The molecule has 158 valence electrons. The van der Waals surface area contributed by atoms with Crippen LogP contribution in [-0.4, -0.2) is 41.0 Å². The number of halogens is 1. The average Bonchev–Trinajstić information content (AvgIpc) is 3.44. The van der Waals surface area contributed by atoms with Crippen LogP contribution in [-0.2, 0) is 0 Å². The van der Waals surface area contributed by atoms with Gasteiger partial charge in [0.2, 0.25) is 0 Å². The first kappa shape index (κ1) is 19.7. The smallest absolute Gasteiger partial charge is 0.336 e. The maximum Gasteiger partial charge on any atom is 0.336 e. The molecule has 0 atom stereocenters. The number of carboxylic acid groups (broad SMARTS) is 1. The number of aromatic carboxylic acids is 1. The zero-order valence-electron chi connectivity index (χ0n) is 16.7. The molecule has 10 heteroatoms. The van der Waals surface area contributed by atoms with Gasteiger partial charge in [-0.05, 0) is 42.8 Å². The van der Waals surface area contributed by atoms with Crippen molar-refractivity contribution in [1.82, 2.24) is 29.9 Å². The van der Waals surface area contributed by atoms with E-state index in [9.17, 15) is 9.90 Å². The van der Waals surface area contributed by atoms with E-state index in [2.05, 4.69) is 25.3 Å². The van der Waals surface area contributed by atoms with Crippen LogP contribution in [0.4, 0.5) is 0 Å². The monoisotopic (exact) mass is 446 g/mol. The Hall–Kier alpha value is -4.24. The highest BCUT2D eigenvalue weighted by Gasteiger charge is 2.14. The maximum atomic E-state index is 11.4. The molecule has 2 aromatic carbocycles. The van der Waals surface area contributed by atoms with Crippen LogP contribution in [0.2, 0.25) is 5.02 Å². The Kier molecular flexibility index (Phi) is 4.79. The number of H-pyrrole nitrogens is 1. The third-order valence-electron chi connectivity index (χ3n) is 4.89. The predicted octanol–water partition coefficient (Wildman–Crippen LogP) is 4.66. The van der Waals surface area contributed by atoms with Crippen molar-refractivity contribution in [1.29, 1.82) is 0 Å². The minimum absolute atomic E-state index is 0.163. The van der Waals surface area contributed by atoms with E-state index in [4.69, 9.17) is 16.3 Å². The van der Waals surface area contributed by atoms with E-state index in [1.807, 2.05) is 24.3 Å². The maximum absolute atomic E-state index is 11.4. The molecule has 0 fully saturated rings. The number of nitrogens with one attached hydrogen (secondary N) is 1. The van der Waals surface area contributed by atoms with E-state index >= 15 is 0 Å². The van der Waals surface area contributed by atoms with Gasteiger partial charge < -0.3 is 14.8 Å². The van der Waals surface area contributed by atoms with Crippen LogP contribution in [0.15, 0.2) is 60.9 Å². The molecule has 0 radical (unpaired) electrons. The second-order valence-electron chi connectivity index (χ2n) is 7.01. The molecule has 0 unspecified atom stereocenters. The first-order chi connectivity index (χ1) is 15.5. The van der Waals surface area contributed by atoms with Gasteiger partial charge in [0.1, 0.15) is 5.75 Å². The fourth-order valence-electron chi connectivity index (χ4n) is 3.27. The number of nitrogens with zero attached hydrogens (tertiary/aromatic N) is 5. The van der Waals surface area contributed by atoms with Crippen molar-refractivity contribution in [3.05, 3.63) is 77.1 Å². The number of fused-ring (bicyclic) bond motifs is 1. The molecule has 0 amide bonds. The van der Waals surface area contributed by atoms with E-state index in [1.165, 1.54) is 6.07 Å². The molecule has 5 rings (SSSR count). The van der Waals surface area contributed by atoms with Crippen LogP contribution < -0.4 is 4.74 Å². The predicted molar refractivity (Wildman–Crippen MR) is 117 cm³/mol. The minimum Gasteiger partial charge on any atom is -0.478 e. The lowest BCUT2D eigenvalue weighted by molar-refractivity contribution is 0.0695. The summed E-state index contributed by atoms with van der Waals surface area (Å²) in [6.07, 6.45) is 3.36. The van der Waals surface area contributed by atoms with E-state index in [0.717, 1.165) is 11.3 Å². The molecule has 9 nitrogen and oxygen atoms in total. The normalized spacial score (nSPS) is 11.1. The summed E-state index contributed by atoms with van der Waals surface area (Å²) in [5.74, 6) is -0.674. The van der Waals surface area contributed by atoms with Gasteiger partial charge in [0.05, 0.1) is 39.9 Å². The molecule has 0 aliphatic rings. The Morgan fingerprint density at radius 3 is 2.66 bits per heavy atom. The Labute approximate surface area is 186 Å². The average molecular weight is 447 g/mol. The summed E-state index contributed by atoms with van der Waals surface area (Å²) in [4.78, 5) is 23.3. The number of aromatic amines is 1. The molecular formula is C22H15ClN6O3. The van der Waals surface area contributed by atoms with Crippen LogP contribution in [0.1, 0.15) is 15.9 Å². The molecule has 3 aromatic heterocycles. The Morgan fingerprint density at radius 2 is 1.94 bits per heavy atom. The number of pyridine rings is 1. The molecule has 0 saturated carbocycles. The summed E-state index contributed by atoms with van der Waals surface area (Å²) in [7, 11) is 0. The van der Waals surface area contributed by atoms with Gasteiger partial charge in [0, 0.05) is 5.56 Å². The van der Waals surface area contributed by atoms with E-state index in [-0.39, 0.29) is 11.6 Å². The van der Waals surface area contributed by atoms with Gasteiger partial charge in [-0.3, -0.25) is 0 Å². The molecule has 0 spiro atoms.